The molecule has 0 radical (unpaired) electrons. The van der Waals surface area contributed by atoms with Crippen molar-refractivity contribution in [2.75, 3.05) is 0 Å². The third kappa shape index (κ3) is 2.57. The molecule has 0 aliphatic heterocycles. The van der Waals surface area contributed by atoms with Gasteiger partial charge in [0.05, 0.1) is 0 Å². The fourth-order valence-electron chi connectivity index (χ4n) is 2.33. The van der Waals surface area contributed by atoms with Crippen LogP contribution >= 0.6 is 0 Å². The van der Waals surface area contributed by atoms with Crippen molar-refractivity contribution in [3.05, 3.63) is 78.6 Å². The van der Waals surface area contributed by atoms with Gasteiger partial charge in [-0.3, -0.25) is 10.0 Å². The highest BCUT2D eigenvalue weighted by Gasteiger charge is 2.11. The molecule has 0 saturated heterocycles. The van der Waals surface area contributed by atoms with Gasteiger partial charge in [-0.05, 0) is 41.5 Å². The van der Waals surface area contributed by atoms with Crippen molar-refractivity contribution in [3.63, 3.8) is 0 Å². The minimum Gasteiger partial charge on any atom is -0.324 e. The highest BCUT2D eigenvalue weighted by atomic mass is 16.5. The molecule has 2 N–H and O–H groups in total. The van der Waals surface area contributed by atoms with E-state index in [1.54, 1.807) is 17.6 Å². The van der Waals surface area contributed by atoms with Gasteiger partial charge in [-0.2, -0.15) is 0 Å². The minimum absolute atomic E-state index is 0.435. The first-order chi connectivity index (χ1) is 10.3. The molecule has 0 aliphatic carbocycles. The van der Waals surface area contributed by atoms with Gasteiger partial charge in [0.1, 0.15) is 0 Å². The van der Waals surface area contributed by atoms with Crippen molar-refractivity contribution < 1.29 is 10.0 Å². The van der Waals surface area contributed by atoms with E-state index in [1.807, 2.05) is 65.5 Å². The van der Waals surface area contributed by atoms with Gasteiger partial charge >= 0.3 is 0 Å². The number of hydroxylamine groups is 1. The number of carbonyl (C=O) groups excluding carboxylic acids is 1. The lowest BCUT2D eigenvalue weighted by Gasteiger charge is -2.10. The number of rotatable bonds is 3. The van der Waals surface area contributed by atoms with E-state index in [-0.39, 0.29) is 0 Å². The number of nitrogens with one attached hydrogen (secondary N) is 1. The molecule has 1 aromatic heterocycles. The Hall–Kier alpha value is -2.85. The molecule has 0 aliphatic rings. The first-order valence-corrected chi connectivity index (χ1v) is 6.57. The second-order valence-electron chi connectivity index (χ2n) is 4.63. The van der Waals surface area contributed by atoms with Crippen molar-refractivity contribution in [1.82, 2.24) is 10.0 Å². The Labute approximate surface area is 122 Å². The fourth-order valence-corrected chi connectivity index (χ4v) is 2.33. The van der Waals surface area contributed by atoms with Crippen molar-refractivity contribution >= 4 is 5.91 Å². The molecule has 104 valence electrons. The van der Waals surface area contributed by atoms with Gasteiger partial charge in [0, 0.05) is 23.6 Å². The summed E-state index contributed by atoms with van der Waals surface area (Å²) in [5, 5.41) is 8.86. The maximum atomic E-state index is 11.8. The molecule has 0 spiro atoms. The van der Waals surface area contributed by atoms with Gasteiger partial charge in [-0.15, -0.1) is 0 Å². The highest BCUT2D eigenvalue weighted by Crippen LogP contribution is 2.25. The fraction of sp³-hybridized carbons (Fsp3) is 0. The van der Waals surface area contributed by atoms with Crippen LogP contribution in [0.15, 0.2) is 73.1 Å². The second-order valence-corrected chi connectivity index (χ2v) is 4.63. The van der Waals surface area contributed by atoms with Crippen LogP contribution in [0.3, 0.4) is 0 Å². The summed E-state index contributed by atoms with van der Waals surface area (Å²) in [5.74, 6) is -0.517. The average Bonchev–Trinajstić information content (AvgIpc) is 3.09. The third-order valence-corrected chi connectivity index (χ3v) is 3.33. The Kier molecular flexibility index (Phi) is 3.53. The lowest BCUT2D eigenvalue weighted by atomic mass is 9.99. The number of aromatic nitrogens is 1. The molecule has 0 fully saturated rings. The predicted octanol–water partition coefficient (Wildman–Crippen LogP) is 3.26. The largest absolute Gasteiger partial charge is 0.324 e. The van der Waals surface area contributed by atoms with E-state index in [9.17, 15) is 4.79 Å². The van der Waals surface area contributed by atoms with Crippen LogP contribution in [0.2, 0.25) is 0 Å². The maximum absolute atomic E-state index is 11.8. The van der Waals surface area contributed by atoms with Crippen LogP contribution in [0.25, 0.3) is 16.8 Å². The molecular formula is C17H14N2O2. The van der Waals surface area contributed by atoms with Crippen LogP contribution in [0.5, 0.6) is 0 Å². The maximum Gasteiger partial charge on any atom is 0.275 e. The summed E-state index contributed by atoms with van der Waals surface area (Å²) in [5.41, 5.74) is 4.83. The molecule has 1 heterocycles. The zero-order chi connectivity index (χ0) is 14.7. The summed E-state index contributed by atoms with van der Waals surface area (Å²) in [4.78, 5) is 11.8. The topological polar surface area (TPSA) is 54.3 Å². The Morgan fingerprint density at radius 2 is 1.71 bits per heavy atom. The van der Waals surface area contributed by atoms with Crippen molar-refractivity contribution in [2.24, 2.45) is 0 Å². The number of carbonyl (C=O) groups is 1. The summed E-state index contributed by atoms with van der Waals surface area (Å²) < 4.78 is 2.00. The molecule has 2 aromatic carbocycles. The summed E-state index contributed by atoms with van der Waals surface area (Å²) >= 11 is 0. The van der Waals surface area contributed by atoms with E-state index in [0.29, 0.717) is 5.56 Å². The van der Waals surface area contributed by atoms with Crippen LogP contribution in [-0.2, 0) is 0 Å². The molecule has 3 aromatic rings. The van der Waals surface area contributed by atoms with Crippen LogP contribution in [0, 0.1) is 0 Å². The normalized spacial score (nSPS) is 10.3. The molecule has 0 bridgehead atoms. The number of nitrogens with zero attached hydrogens (tertiary/aromatic N) is 1. The van der Waals surface area contributed by atoms with Gasteiger partial charge in [-0.25, -0.2) is 5.48 Å². The molecule has 0 unspecified atom stereocenters. The molecule has 3 rings (SSSR count). The van der Waals surface area contributed by atoms with E-state index < -0.39 is 5.91 Å². The van der Waals surface area contributed by atoms with Gasteiger partial charge in [0.2, 0.25) is 0 Å². The van der Waals surface area contributed by atoms with Gasteiger partial charge in [-0.1, -0.05) is 30.3 Å². The standard InChI is InChI=1S/C17H14N2O2/c20-17(18-21)16-9-2-1-8-15(16)13-6-5-7-14(12-13)19-10-3-4-11-19/h1-12,21H,(H,18,20). The number of hydrogen-bond acceptors (Lipinski definition) is 2. The molecule has 4 heteroatoms. The van der Waals surface area contributed by atoms with Crippen LogP contribution in [0.4, 0.5) is 0 Å². The molecule has 4 nitrogen and oxygen atoms in total. The van der Waals surface area contributed by atoms with E-state index in [4.69, 9.17) is 5.21 Å². The van der Waals surface area contributed by atoms with E-state index in [0.717, 1.165) is 16.8 Å². The third-order valence-electron chi connectivity index (χ3n) is 3.33. The SMILES string of the molecule is O=C(NO)c1ccccc1-c1cccc(-n2cccc2)c1. The Morgan fingerprint density at radius 1 is 0.952 bits per heavy atom. The summed E-state index contributed by atoms with van der Waals surface area (Å²) in [6, 6.07) is 19.0. The van der Waals surface area contributed by atoms with Crippen molar-refractivity contribution in [2.45, 2.75) is 0 Å². The van der Waals surface area contributed by atoms with Gasteiger partial charge < -0.3 is 4.57 Å². The molecule has 0 atom stereocenters. The number of hydrogen-bond donors (Lipinski definition) is 2. The highest BCUT2D eigenvalue weighted by molar-refractivity contribution is 6.00. The van der Waals surface area contributed by atoms with Crippen LogP contribution in [0.1, 0.15) is 10.4 Å². The number of benzene rings is 2. The first-order valence-electron chi connectivity index (χ1n) is 6.57. The van der Waals surface area contributed by atoms with Gasteiger partial charge in [0.15, 0.2) is 0 Å². The van der Waals surface area contributed by atoms with Crippen molar-refractivity contribution in [1.29, 1.82) is 0 Å². The second kappa shape index (κ2) is 5.64. The molecule has 21 heavy (non-hydrogen) atoms. The summed E-state index contributed by atoms with van der Waals surface area (Å²) in [6.45, 7) is 0. The summed E-state index contributed by atoms with van der Waals surface area (Å²) in [7, 11) is 0. The summed E-state index contributed by atoms with van der Waals surface area (Å²) in [6.07, 6.45) is 3.93. The quantitative estimate of drug-likeness (QED) is 0.570. The number of amides is 1. The smallest absolute Gasteiger partial charge is 0.275 e. The van der Waals surface area contributed by atoms with Crippen molar-refractivity contribution in [3.8, 4) is 16.8 Å². The van der Waals surface area contributed by atoms with Gasteiger partial charge in [0.25, 0.3) is 5.91 Å². The van der Waals surface area contributed by atoms with E-state index in [1.165, 1.54) is 0 Å². The Balaban J connectivity index is 2.10. The molecule has 0 saturated carbocycles. The monoisotopic (exact) mass is 278 g/mol. The molecule has 1 amide bonds. The lowest BCUT2D eigenvalue weighted by molar-refractivity contribution is 0.0707. The predicted molar refractivity (Wildman–Crippen MR) is 80.5 cm³/mol. The molecular weight excluding hydrogens is 264 g/mol. The minimum atomic E-state index is -0.517. The van der Waals surface area contributed by atoms with E-state index in [2.05, 4.69) is 0 Å². The Bertz CT molecular complexity index is 764. The first kappa shape index (κ1) is 13.1. The Morgan fingerprint density at radius 3 is 2.48 bits per heavy atom. The zero-order valence-corrected chi connectivity index (χ0v) is 11.2. The van der Waals surface area contributed by atoms with Crippen LogP contribution < -0.4 is 5.48 Å². The van der Waals surface area contributed by atoms with Crippen LogP contribution in [-0.4, -0.2) is 15.7 Å². The average molecular weight is 278 g/mol. The van der Waals surface area contributed by atoms with E-state index >= 15 is 0 Å². The lowest BCUT2D eigenvalue weighted by Crippen LogP contribution is -2.19. The zero-order valence-electron chi connectivity index (χ0n) is 11.2.